The van der Waals surface area contributed by atoms with E-state index in [1.54, 1.807) is 18.2 Å². The second-order valence-corrected chi connectivity index (χ2v) is 13.5. The predicted octanol–water partition coefficient (Wildman–Crippen LogP) is 2.01. The summed E-state index contributed by atoms with van der Waals surface area (Å²) in [4.78, 5) is 2.25. The van der Waals surface area contributed by atoms with E-state index in [0.717, 1.165) is 12.5 Å². The Morgan fingerprint density at radius 2 is 1.61 bits per heavy atom. The highest BCUT2D eigenvalue weighted by atomic mass is 32.2. The Balaban J connectivity index is 1.78. The van der Waals surface area contributed by atoms with E-state index in [-0.39, 0.29) is 22.9 Å². The summed E-state index contributed by atoms with van der Waals surface area (Å²) in [6.07, 6.45) is 3.25. The van der Waals surface area contributed by atoms with Crippen LogP contribution in [0.2, 0.25) is 0 Å². The molecule has 170 valence electrons. The molecule has 11 heteroatoms. The van der Waals surface area contributed by atoms with E-state index >= 15 is 0 Å². The molecule has 0 bridgehead atoms. The summed E-state index contributed by atoms with van der Waals surface area (Å²) in [5.41, 5.74) is 1.23. The Bertz CT molecular complexity index is 1250. The lowest BCUT2D eigenvalue weighted by atomic mass is 10.1. The highest BCUT2D eigenvalue weighted by molar-refractivity contribution is 7.92. The number of piperidine rings is 1. The summed E-state index contributed by atoms with van der Waals surface area (Å²) in [5.74, 6) is 0. The first-order valence-corrected chi connectivity index (χ1v) is 14.8. The standard InChI is InChI=1S/C20H25NO7S3/c1-29(22,23)19-6-3-5-17(13-19)21-12-4-7-20(14-21)31(26,27)18-10-8-16(9-11-18)15-28-30(2,24)25/h3,5-6,8-11,13,20H,4,7,12,14-15H2,1-2H3. The third-order valence-electron chi connectivity index (χ3n) is 5.12. The van der Waals surface area contributed by atoms with Gasteiger partial charge in [0.1, 0.15) is 0 Å². The third-order valence-corrected chi connectivity index (χ3v) is 8.97. The van der Waals surface area contributed by atoms with Crippen molar-refractivity contribution in [2.24, 2.45) is 0 Å². The molecule has 0 spiro atoms. The van der Waals surface area contributed by atoms with Crippen LogP contribution in [0, 0.1) is 0 Å². The first-order valence-electron chi connectivity index (χ1n) is 9.58. The molecule has 31 heavy (non-hydrogen) atoms. The molecular weight excluding hydrogens is 462 g/mol. The number of rotatable bonds is 7. The highest BCUT2D eigenvalue weighted by Crippen LogP contribution is 2.28. The minimum absolute atomic E-state index is 0.160. The van der Waals surface area contributed by atoms with Crippen molar-refractivity contribution in [2.75, 3.05) is 30.5 Å². The molecule has 1 unspecified atom stereocenters. The Kier molecular flexibility index (Phi) is 6.80. The lowest BCUT2D eigenvalue weighted by Gasteiger charge is -2.34. The van der Waals surface area contributed by atoms with Crippen LogP contribution in [-0.4, -0.2) is 56.1 Å². The van der Waals surface area contributed by atoms with Crippen LogP contribution in [0.15, 0.2) is 58.3 Å². The lowest BCUT2D eigenvalue weighted by molar-refractivity contribution is 0.311. The van der Waals surface area contributed by atoms with Crippen LogP contribution in [0.5, 0.6) is 0 Å². The van der Waals surface area contributed by atoms with Gasteiger partial charge in [0, 0.05) is 25.0 Å². The molecule has 0 N–H and O–H groups in total. The van der Waals surface area contributed by atoms with Crippen LogP contribution in [0.3, 0.4) is 0 Å². The normalized spacial score (nSPS) is 18.1. The zero-order valence-corrected chi connectivity index (χ0v) is 19.7. The van der Waals surface area contributed by atoms with Gasteiger partial charge in [0.15, 0.2) is 19.7 Å². The number of benzene rings is 2. The Labute approximate surface area is 183 Å². The van der Waals surface area contributed by atoms with Crippen molar-refractivity contribution in [3.8, 4) is 0 Å². The first-order chi connectivity index (χ1) is 14.4. The molecule has 2 aromatic carbocycles. The van der Waals surface area contributed by atoms with Crippen LogP contribution < -0.4 is 4.90 Å². The van der Waals surface area contributed by atoms with Gasteiger partial charge in [-0.25, -0.2) is 16.8 Å². The molecule has 1 aliphatic rings. The molecule has 0 radical (unpaired) electrons. The maximum Gasteiger partial charge on any atom is 0.264 e. The summed E-state index contributed by atoms with van der Waals surface area (Å²) >= 11 is 0. The van der Waals surface area contributed by atoms with Gasteiger partial charge in [-0.05, 0) is 48.7 Å². The van der Waals surface area contributed by atoms with Crippen molar-refractivity contribution in [2.45, 2.75) is 34.5 Å². The fourth-order valence-electron chi connectivity index (χ4n) is 3.48. The average Bonchev–Trinajstić information content (AvgIpc) is 2.72. The Morgan fingerprint density at radius 1 is 0.935 bits per heavy atom. The molecule has 0 aromatic heterocycles. The second kappa shape index (κ2) is 8.89. The van der Waals surface area contributed by atoms with Crippen LogP contribution in [0.25, 0.3) is 0 Å². The molecule has 3 rings (SSSR count). The maximum atomic E-state index is 13.2. The van der Waals surface area contributed by atoms with Crippen molar-refractivity contribution < 1.29 is 29.4 Å². The zero-order chi connectivity index (χ0) is 22.9. The van der Waals surface area contributed by atoms with Crippen LogP contribution in [-0.2, 0) is 40.6 Å². The quantitative estimate of drug-likeness (QED) is 0.545. The minimum Gasteiger partial charge on any atom is -0.370 e. The Hall–Kier alpha value is -1.95. The number of sulfone groups is 2. The van der Waals surface area contributed by atoms with E-state index in [4.69, 9.17) is 4.18 Å². The Morgan fingerprint density at radius 3 is 2.23 bits per heavy atom. The molecule has 8 nitrogen and oxygen atoms in total. The first kappa shape index (κ1) is 23.7. The molecule has 2 aromatic rings. The largest absolute Gasteiger partial charge is 0.370 e. The predicted molar refractivity (Wildman–Crippen MR) is 118 cm³/mol. The molecule has 1 fully saturated rings. The van der Waals surface area contributed by atoms with Gasteiger partial charge >= 0.3 is 0 Å². The third kappa shape index (κ3) is 6.06. The summed E-state index contributed by atoms with van der Waals surface area (Å²) in [6, 6.07) is 12.5. The minimum atomic E-state index is -3.62. The van der Waals surface area contributed by atoms with Crippen LogP contribution in [0.1, 0.15) is 18.4 Å². The highest BCUT2D eigenvalue weighted by Gasteiger charge is 2.32. The van der Waals surface area contributed by atoms with E-state index in [0.29, 0.717) is 30.6 Å². The molecule has 0 aliphatic carbocycles. The number of anilines is 1. The molecule has 1 atom stereocenters. The monoisotopic (exact) mass is 487 g/mol. The van der Waals surface area contributed by atoms with Crippen molar-refractivity contribution in [3.05, 3.63) is 54.1 Å². The van der Waals surface area contributed by atoms with E-state index in [1.165, 1.54) is 30.3 Å². The van der Waals surface area contributed by atoms with Crippen molar-refractivity contribution >= 4 is 35.5 Å². The van der Waals surface area contributed by atoms with Crippen LogP contribution in [0.4, 0.5) is 5.69 Å². The molecule has 0 saturated carbocycles. The van der Waals surface area contributed by atoms with E-state index in [9.17, 15) is 25.3 Å². The van der Waals surface area contributed by atoms with E-state index in [2.05, 4.69) is 0 Å². The number of nitrogens with zero attached hydrogens (tertiary/aromatic N) is 1. The topological polar surface area (TPSA) is 115 Å². The van der Waals surface area contributed by atoms with E-state index < -0.39 is 35.0 Å². The molecule has 0 amide bonds. The van der Waals surface area contributed by atoms with Gasteiger partial charge in [-0.1, -0.05) is 18.2 Å². The fraction of sp³-hybridized carbons (Fsp3) is 0.400. The summed E-state index contributed by atoms with van der Waals surface area (Å²) < 4.78 is 77.0. The van der Waals surface area contributed by atoms with Gasteiger partial charge in [0.25, 0.3) is 10.1 Å². The van der Waals surface area contributed by atoms with Gasteiger partial charge in [-0.2, -0.15) is 8.42 Å². The van der Waals surface area contributed by atoms with Gasteiger partial charge in [0.05, 0.1) is 27.9 Å². The van der Waals surface area contributed by atoms with Crippen molar-refractivity contribution in [3.63, 3.8) is 0 Å². The fourth-order valence-corrected chi connectivity index (χ4v) is 6.24. The lowest BCUT2D eigenvalue weighted by Crippen LogP contribution is -2.42. The van der Waals surface area contributed by atoms with Crippen LogP contribution >= 0.6 is 0 Å². The number of hydrogen-bond acceptors (Lipinski definition) is 8. The molecular formula is C20H25NO7S3. The zero-order valence-electron chi connectivity index (χ0n) is 17.3. The van der Waals surface area contributed by atoms with Gasteiger partial charge < -0.3 is 4.90 Å². The molecule has 1 aliphatic heterocycles. The number of hydrogen-bond donors (Lipinski definition) is 0. The molecule has 1 saturated heterocycles. The maximum absolute atomic E-state index is 13.2. The molecule has 1 heterocycles. The summed E-state index contributed by atoms with van der Waals surface area (Å²) in [6.45, 7) is 0.739. The van der Waals surface area contributed by atoms with Gasteiger partial charge in [-0.3, -0.25) is 4.18 Å². The second-order valence-electron chi connectivity index (χ2n) is 7.64. The van der Waals surface area contributed by atoms with Gasteiger partial charge in [0.2, 0.25) is 0 Å². The van der Waals surface area contributed by atoms with Crippen molar-refractivity contribution in [1.29, 1.82) is 0 Å². The SMILES string of the molecule is CS(=O)(=O)OCc1ccc(S(=O)(=O)C2CCCN(c3cccc(S(C)(=O)=O)c3)C2)cc1. The summed E-state index contributed by atoms with van der Waals surface area (Å²) in [7, 11) is -10.6. The smallest absolute Gasteiger partial charge is 0.264 e. The summed E-state index contributed by atoms with van der Waals surface area (Å²) in [5, 5.41) is -0.638. The van der Waals surface area contributed by atoms with E-state index in [1.807, 2.05) is 4.90 Å². The van der Waals surface area contributed by atoms with Gasteiger partial charge in [-0.15, -0.1) is 0 Å². The average molecular weight is 488 g/mol. The van der Waals surface area contributed by atoms with Crippen molar-refractivity contribution in [1.82, 2.24) is 0 Å².